The molecule has 4 rings (SSSR count). The lowest BCUT2D eigenvalue weighted by Crippen LogP contribution is -2.29. The Kier molecular flexibility index (Phi) is 5.75. The van der Waals surface area contributed by atoms with Crippen molar-refractivity contribution >= 4 is 28.5 Å². The van der Waals surface area contributed by atoms with Gasteiger partial charge in [-0.2, -0.15) is 0 Å². The fraction of sp³-hybridized carbons (Fsp3) is 0.0909. The number of carbonyl (C=O) groups excluding carboxylic acids is 1. The molecule has 0 aliphatic carbocycles. The summed E-state index contributed by atoms with van der Waals surface area (Å²) in [6.45, 7) is -0.0438. The van der Waals surface area contributed by atoms with E-state index in [0.29, 0.717) is 38.9 Å². The minimum Gasteiger partial charge on any atom is -0.493 e. The summed E-state index contributed by atoms with van der Waals surface area (Å²) in [5.41, 5.74) is 4.91. The van der Waals surface area contributed by atoms with Crippen molar-refractivity contribution < 1.29 is 18.7 Å². The Morgan fingerprint density at radius 3 is 2.77 bits per heavy atom. The van der Waals surface area contributed by atoms with Crippen molar-refractivity contribution in [2.45, 2.75) is 6.61 Å². The smallest absolute Gasteiger partial charge is 0.265 e. The minimum absolute atomic E-state index is 0.0438. The fourth-order valence-electron chi connectivity index (χ4n) is 3.13. The maximum Gasteiger partial charge on any atom is 0.265 e. The largest absolute Gasteiger partial charge is 0.493 e. The van der Waals surface area contributed by atoms with Crippen LogP contribution in [0.3, 0.4) is 0 Å². The third-order valence-corrected chi connectivity index (χ3v) is 5.10. The number of hydrogen-bond acceptors (Lipinski definition) is 5. The number of nitrogen functional groups attached to an aromatic ring is 1. The molecule has 0 fully saturated rings. The number of nitrogens with two attached hydrogens (primary N) is 1. The highest BCUT2D eigenvalue weighted by molar-refractivity contribution is 6.31. The van der Waals surface area contributed by atoms with E-state index in [1.807, 2.05) is 0 Å². The van der Waals surface area contributed by atoms with Crippen LogP contribution in [0.15, 0.2) is 54.6 Å². The number of aromatic nitrogens is 2. The Morgan fingerprint density at radius 2 is 2.03 bits per heavy atom. The first kappa shape index (κ1) is 20.6. The number of hydrogen-bond donors (Lipinski definition) is 3. The van der Waals surface area contributed by atoms with E-state index in [0.717, 1.165) is 5.56 Å². The fourth-order valence-corrected chi connectivity index (χ4v) is 3.34. The molecule has 3 aromatic carbocycles. The van der Waals surface area contributed by atoms with Crippen LogP contribution >= 0.6 is 11.6 Å². The monoisotopic (exact) mass is 440 g/mol. The molecule has 0 saturated carbocycles. The quantitative estimate of drug-likeness (QED) is 0.237. The molecule has 7 nitrogen and oxygen atoms in total. The Morgan fingerprint density at radius 1 is 1.19 bits per heavy atom. The maximum absolute atomic E-state index is 14.0. The molecule has 0 spiro atoms. The van der Waals surface area contributed by atoms with Gasteiger partial charge in [-0.1, -0.05) is 17.7 Å². The molecule has 1 heterocycles. The maximum atomic E-state index is 14.0. The van der Waals surface area contributed by atoms with Gasteiger partial charge in [0.25, 0.3) is 5.91 Å². The highest BCUT2D eigenvalue weighted by atomic mass is 35.5. The normalized spacial score (nSPS) is 10.8. The Hall–Kier alpha value is -3.62. The molecule has 158 valence electrons. The van der Waals surface area contributed by atoms with Crippen LogP contribution in [0.25, 0.3) is 22.4 Å². The van der Waals surface area contributed by atoms with Crippen LogP contribution < -0.4 is 20.7 Å². The van der Waals surface area contributed by atoms with E-state index < -0.39 is 11.7 Å². The number of halogens is 2. The number of nitrogens with zero attached hydrogens (tertiary/aromatic N) is 1. The molecule has 0 radical (unpaired) electrons. The first-order valence-electron chi connectivity index (χ1n) is 9.25. The molecule has 0 bridgehead atoms. The first-order chi connectivity index (χ1) is 15.0. The average molecular weight is 441 g/mol. The summed E-state index contributed by atoms with van der Waals surface area (Å²) in [5, 5.41) is 0.292. The lowest BCUT2D eigenvalue weighted by Gasteiger charge is -2.13. The van der Waals surface area contributed by atoms with Crippen molar-refractivity contribution in [2.75, 3.05) is 7.11 Å². The van der Waals surface area contributed by atoms with Gasteiger partial charge in [-0.15, -0.1) is 0 Å². The number of carbonyl (C=O) groups is 1. The second kappa shape index (κ2) is 8.63. The van der Waals surface area contributed by atoms with Crippen LogP contribution in [0.4, 0.5) is 4.39 Å². The van der Waals surface area contributed by atoms with Gasteiger partial charge in [-0.25, -0.2) is 15.2 Å². The van der Waals surface area contributed by atoms with Crippen LogP contribution in [0.1, 0.15) is 15.9 Å². The second-order valence-electron chi connectivity index (χ2n) is 6.65. The third kappa shape index (κ3) is 4.16. The second-order valence-corrected chi connectivity index (χ2v) is 7.05. The minimum atomic E-state index is -0.437. The molecule has 0 aliphatic rings. The van der Waals surface area contributed by atoms with Gasteiger partial charge in [0.1, 0.15) is 18.2 Å². The standard InChI is InChI=1S/C22H18ClFN4O3/c1-30-20-10-12(6-8-19(20)31-11-14-15(23)3-2-4-16(14)24)21-26-17-7-5-13(22(29)28-25)9-18(17)27-21/h2-10H,11,25H2,1H3,(H,26,27)(H,28,29). The number of rotatable bonds is 6. The SMILES string of the molecule is COc1cc(-c2nc3ccc(C(=O)NN)cc3[nH]2)ccc1OCc1c(F)cccc1Cl. The summed E-state index contributed by atoms with van der Waals surface area (Å²) >= 11 is 6.06. The Labute approximate surface area is 181 Å². The summed E-state index contributed by atoms with van der Waals surface area (Å²) in [6, 6.07) is 14.8. The number of imidazole rings is 1. The number of nitrogens with one attached hydrogen (secondary N) is 2. The molecular weight excluding hydrogens is 423 g/mol. The molecule has 1 amide bonds. The van der Waals surface area contributed by atoms with Gasteiger partial charge >= 0.3 is 0 Å². The molecule has 1 aromatic heterocycles. The van der Waals surface area contributed by atoms with Gasteiger partial charge in [0, 0.05) is 16.7 Å². The van der Waals surface area contributed by atoms with E-state index in [9.17, 15) is 9.18 Å². The summed E-state index contributed by atoms with van der Waals surface area (Å²) in [6.07, 6.45) is 0. The van der Waals surface area contributed by atoms with Gasteiger partial charge in [-0.3, -0.25) is 10.2 Å². The summed E-state index contributed by atoms with van der Waals surface area (Å²) in [7, 11) is 1.51. The number of H-pyrrole nitrogens is 1. The molecule has 9 heteroatoms. The van der Waals surface area contributed by atoms with E-state index in [1.54, 1.807) is 42.5 Å². The summed E-state index contributed by atoms with van der Waals surface area (Å²) in [5.74, 6) is 5.83. The molecule has 0 unspecified atom stereocenters. The topological polar surface area (TPSA) is 102 Å². The number of fused-ring (bicyclic) bond motifs is 1. The zero-order valence-corrected chi connectivity index (χ0v) is 17.2. The van der Waals surface area contributed by atoms with Gasteiger partial charge in [0.05, 0.1) is 23.2 Å². The highest BCUT2D eigenvalue weighted by Gasteiger charge is 2.14. The van der Waals surface area contributed by atoms with Crippen LogP contribution in [-0.4, -0.2) is 23.0 Å². The van der Waals surface area contributed by atoms with Gasteiger partial charge in [0.2, 0.25) is 0 Å². The third-order valence-electron chi connectivity index (χ3n) is 4.75. The average Bonchev–Trinajstić information content (AvgIpc) is 3.21. The molecule has 4 aromatic rings. The van der Waals surface area contributed by atoms with Crippen molar-refractivity contribution in [3.8, 4) is 22.9 Å². The Bertz CT molecular complexity index is 1250. The predicted molar refractivity (Wildman–Crippen MR) is 115 cm³/mol. The van der Waals surface area contributed by atoms with Crippen molar-refractivity contribution in [1.29, 1.82) is 0 Å². The van der Waals surface area contributed by atoms with E-state index in [1.165, 1.54) is 19.2 Å². The van der Waals surface area contributed by atoms with Crippen molar-refractivity contribution in [3.63, 3.8) is 0 Å². The van der Waals surface area contributed by atoms with Crippen LogP contribution in [0.2, 0.25) is 5.02 Å². The lowest BCUT2D eigenvalue weighted by atomic mass is 10.2. The van der Waals surface area contributed by atoms with Gasteiger partial charge in [-0.05, 0) is 48.5 Å². The number of aromatic amines is 1. The lowest BCUT2D eigenvalue weighted by molar-refractivity contribution is 0.0954. The van der Waals surface area contributed by atoms with Gasteiger partial charge in [0.15, 0.2) is 11.5 Å². The van der Waals surface area contributed by atoms with E-state index >= 15 is 0 Å². The first-order valence-corrected chi connectivity index (χ1v) is 9.62. The van der Waals surface area contributed by atoms with Crippen LogP contribution in [-0.2, 0) is 6.61 Å². The van der Waals surface area contributed by atoms with Crippen molar-refractivity contribution in [3.05, 3.63) is 76.6 Å². The predicted octanol–water partition coefficient (Wildman–Crippen LogP) is 4.21. The van der Waals surface area contributed by atoms with Crippen molar-refractivity contribution in [1.82, 2.24) is 15.4 Å². The summed E-state index contributed by atoms with van der Waals surface area (Å²) in [4.78, 5) is 19.5. The Balaban J connectivity index is 1.61. The van der Waals surface area contributed by atoms with Crippen molar-refractivity contribution in [2.24, 2.45) is 5.84 Å². The van der Waals surface area contributed by atoms with Gasteiger partial charge < -0.3 is 14.5 Å². The number of ether oxygens (including phenoxy) is 2. The molecule has 31 heavy (non-hydrogen) atoms. The summed E-state index contributed by atoms with van der Waals surface area (Å²) < 4.78 is 25.2. The number of hydrazine groups is 1. The number of benzene rings is 3. The molecule has 0 saturated heterocycles. The zero-order chi connectivity index (χ0) is 22.0. The number of methoxy groups -OCH3 is 1. The van der Waals surface area contributed by atoms with E-state index in [-0.39, 0.29) is 12.2 Å². The molecule has 0 atom stereocenters. The molecule has 0 aliphatic heterocycles. The van der Waals surface area contributed by atoms with Crippen LogP contribution in [0, 0.1) is 5.82 Å². The van der Waals surface area contributed by atoms with E-state index in [4.69, 9.17) is 26.9 Å². The van der Waals surface area contributed by atoms with E-state index in [2.05, 4.69) is 15.4 Å². The number of amides is 1. The van der Waals surface area contributed by atoms with Crippen LogP contribution in [0.5, 0.6) is 11.5 Å². The highest BCUT2D eigenvalue weighted by Crippen LogP contribution is 2.33. The zero-order valence-electron chi connectivity index (χ0n) is 16.4. The molecular formula is C22H18ClFN4O3. The molecule has 4 N–H and O–H groups in total.